The summed E-state index contributed by atoms with van der Waals surface area (Å²) in [5, 5.41) is 3.77. The van der Waals surface area contributed by atoms with Crippen molar-refractivity contribution < 1.29 is 13.9 Å². The summed E-state index contributed by atoms with van der Waals surface area (Å²) in [5.74, 6) is -0.400. The minimum Gasteiger partial charge on any atom is -0.494 e. The highest BCUT2D eigenvalue weighted by atomic mass is 19.1. The number of fused-ring (bicyclic) bond motifs is 1. The summed E-state index contributed by atoms with van der Waals surface area (Å²) >= 11 is 0. The number of halogens is 1. The van der Waals surface area contributed by atoms with Gasteiger partial charge in [0, 0.05) is 28.2 Å². The first-order valence-electron chi connectivity index (χ1n) is 7.23. The molecule has 0 bridgehead atoms. The number of nitrogens with one attached hydrogen (secondary N) is 2. The average Bonchev–Trinajstić information content (AvgIpc) is 2.83. The number of carbonyl (C=O) groups excluding carboxylic acids is 1. The average molecular weight is 312 g/mol. The normalized spacial score (nSPS) is 10.8. The zero-order chi connectivity index (χ0) is 16.6. The van der Waals surface area contributed by atoms with Crippen LogP contribution in [0.25, 0.3) is 10.9 Å². The number of H-pyrrole nitrogens is 1. The molecule has 0 fully saturated rings. The van der Waals surface area contributed by atoms with E-state index in [0.29, 0.717) is 11.3 Å². The zero-order valence-corrected chi connectivity index (χ0v) is 13.2. The number of methoxy groups -OCH3 is 1. The molecular weight excluding hydrogens is 295 g/mol. The lowest BCUT2D eigenvalue weighted by Gasteiger charge is -2.10. The zero-order valence-electron chi connectivity index (χ0n) is 13.2. The summed E-state index contributed by atoms with van der Waals surface area (Å²) in [5.41, 5.74) is 4.16. The summed E-state index contributed by atoms with van der Waals surface area (Å²) in [6.07, 6.45) is 0. The second-order valence-corrected chi connectivity index (χ2v) is 5.43. The molecule has 0 aliphatic carbocycles. The minimum atomic E-state index is -0.417. The van der Waals surface area contributed by atoms with Gasteiger partial charge >= 0.3 is 0 Å². The number of rotatable bonds is 3. The van der Waals surface area contributed by atoms with Crippen molar-refractivity contribution in [3.05, 3.63) is 59.0 Å². The molecule has 0 radical (unpaired) electrons. The van der Waals surface area contributed by atoms with Gasteiger partial charge in [0.05, 0.1) is 12.8 Å². The van der Waals surface area contributed by atoms with Crippen LogP contribution in [0.3, 0.4) is 0 Å². The molecule has 0 atom stereocenters. The topological polar surface area (TPSA) is 54.1 Å². The highest BCUT2D eigenvalue weighted by Gasteiger charge is 2.13. The van der Waals surface area contributed by atoms with Gasteiger partial charge in [-0.25, -0.2) is 4.39 Å². The lowest BCUT2D eigenvalue weighted by atomic mass is 10.1. The number of aromatic amines is 1. The Morgan fingerprint density at radius 2 is 1.96 bits per heavy atom. The third kappa shape index (κ3) is 2.77. The van der Waals surface area contributed by atoms with Gasteiger partial charge in [-0.05, 0) is 49.7 Å². The number of benzene rings is 2. The summed E-state index contributed by atoms with van der Waals surface area (Å²) < 4.78 is 18.3. The predicted octanol–water partition coefficient (Wildman–Crippen LogP) is 4.18. The van der Waals surface area contributed by atoms with E-state index < -0.39 is 5.82 Å². The highest BCUT2D eigenvalue weighted by Crippen LogP contribution is 2.27. The van der Waals surface area contributed by atoms with Gasteiger partial charge in [0.15, 0.2) is 0 Å². The molecule has 0 aliphatic rings. The van der Waals surface area contributed by atoms with E-state index in [0.717, 1.165) is 22.2 Å². The Kier molecular flexibility index (Phi) is 3.78. The molecule has 1 aromatic heterocycles. The molecule has 23 heavy (non-hydrogen) atoms. The monoisotopic (exact) mass is 312 g/mol. The van der Waals surface area contributed by atoms with Crippen molar-refractivity contribution in [1.29, 1.82) is 0 Å². The lowest BCUT2D eigenvalue weighted by molar-refractivity contribution is 0.102. The van der Waals surface area contributed by atoms with Crippen molar-refractivity contribution in [3.63, 3.8) is 0 Å². The first kappa shape index (κ1) is 15.1. The lowest BCUT2D eigenvalue weighted by Crippen LogP contribution is -2.12. The molecule has 2 N–H and O–H groups in total. The van der Waals surface area contributed by atoms with Crippen LogP contribution in [0, 0.1) is 19.7 Å². The van der Waals surface area contributed by atoms with Gasteiger partial charge in [-0.3, -0.25) is 4.79 Å². The molecular formula is C18H17FN2O2. The molecule has 5 heteroatoms. The second-order valence-electron chi connectivity index (χ2n) is 5.43. The van der Waals surface area contributed by atoms with Crippen LogP contribution in [0.2, 0.25) is 0 Å². The fourth-order valence-corrected chi connectivity index (χ4v) is 2.57. The Hall–Kier alpha value is -2.82. The molecule has 0 saturated carbocycles. The second kappa shape index (κ2) is 5.76. The first-order chi connectivity index (χ1) is 11.0. The largest absolute Gasteiger partial charge is 0.494 e. The van der Waals surface area contributed by atoms with Crippen molar-refractivity contribution in [2.24, 2.45) is 0 Å². The van der Waals surface area contributed by atoms with E-state index >= 15 is 0 Å². The van der Waals surface area contributed by atoms with Crippen LogP contribution in [0.4, 0.5) is 10.1 Å². The van der Waals surface area contributed by atoms with Crippen LogP contribution in [0.1, 0.15) is 21.6 Å². The maximum Gasteiger partial charge on any atom is 0.255 e. The van der Waals surface area contributed by atoms with E-state index in [4.69, 9.17) is 4.74 Å². The first-order valence-corrected chi connectivity index (χ1v) is 7.23. The van der Waals surface area contributed by atoms with Crippen molar-refractivity contribution in [3.8, 4) is 5.75 Å². The summed E-state index contributed by atoms with van der Waals surface area (Å²) in [4.78, 5) is 15.7. The van der Waals surface area contributed by atoms with E-state index in [2.05, 4.69) is 10.3 Å². The van der Waals surface area contributed by atoms with E-state index in [1.165, 1.54) is 25.3 Å². The fourth-order valence-electron chi connectivity index (χ4n) is 2.57. The molecule has 3 rings (SSSR count). The van der Waals surface area contributed by atoms with Crippen molar-refractivity contribution in [2.45, 2.75) is 13.8 Å². The SMILES string of the molecule is COc1cc(F)ccc1NC(=O)c1ccc2[nH]c(C)c(C)c2c1. The third-order valence-electron chi connectivity index (χ3n) is 3.98. The van der Waals surface area contributed by atoms with E-state index in [-0.39, 0.29) is 11.7 Å². The van der Waals surface area contributed by atoms with E-state index in [1.807, 2.05) is 26.0 Å². The number of ether oxygens (including phenoxy) is 1. The van der Waals surface area contributed by atoms with Gasteiger partial charge in [-0.2, -0.15) is 0 Å². The van der Waals surface area contributed by atoms with Crippen molar-refractivity contribution >= 4 is 22.5 Å². The Bertz CT molecular complexity index is 899. The predicted molar refractivity (Wildman–Crippen MR) is 88.7 cm³/mol. The van der Waals surface area contributed by atoms with Gasteiger partial charge in [-0.1, -0.05) is 0 Å². The van der Waals surface area contributed by atoms with E-state index in [1.54, 1.807) is 6.07 Å². The van der Waals surface area contributed by atoms with E-state index in [9.17, 15) is 9.18 Å². The molecule has 4 nitrogen and oxygen atoms in total. The maximum atomic E-state index is 13.2. The van der Waals surface area contributed by atoms with Crippen LogP contribution in [0.5, 0.6) is 5.75 Å². The number of aromatic nitrogens is 1. The number of amides is 1. The van der Waals surface area contributed by atoms with Crippen LogP contribution >= 0.6 is 0 Å². The Morgan fingerprint density at radius 3 is 2.70 bits per heavy atom. The number of anilines is 1. The van der Waals surface area contributed by atoms with Crippen LogP contribution in [-0.2, 0) is 0 Å². The van der Waals surface area contributed by atoms with Gasteiger partial charge in [0.25, 0.3) is 5.91 Å². The molecule has 2 aromatic carbocycles. The molecule has 0 spiro atoms. The molecule has 3 aromatic rings. The number of aryl methyl sites for hydroxylation is 2. The fraction of sp³-hybridized carbons (Fsp3) is 0.167. The molecule has 0 aliphatic heterocycles. The minimum absolute atomic E-state index is 0.268. The Morgan fingerprint density at radius 1 is 1.17 bits per heavy atom. The van der Waals surface area contributed by atoms with Gasteiger partial charge in [-0.15, -0.1) is 0 Å². The third-order valence-corrected chi connectivity index (χ3v) is 3.98. The smallest absolute Gasteiger partial charge is 0.255 e. The standard InChI is InChI=1S/C18H17FN2O2/c1-10-11(2)20-15-6-4-12(8-14(10)15)18(22)21-16-7-5-13(19)9-17(16)23-3/h4-9,20H,1-3H3,(H,21,22). The molecule has 1 heterocycles. The highest BCUT2D eigenvalue weighted by molar-refractivity contribution is 6.07. The number of hydrogen-bond acceptors (Lipinski definition) is 2. The molecule has 0 saturated heterocycles. The number of hydrogen-bond donors (Lipinski definition) is 2. The Labute approximate surface area is 133 Å². The molecule has 1 amide bonds. The molecule has 0 unspecified atom stereocenters. The quantitative estimate of drug-likeness (QED) is 0.762. The van der Waals surface area contributed by atoms with Crippen LogP contribution < -0.4 is 10.1 Å². The number of carbonyl (C=O) groups is 1. The van der Waals surface area contributed by atoms with Crippen molar-refractivity contribution in [2.75, 3.05) is 12.4 Å². The van der Waals surface area contributed by atoms with Crippen LogP contribution in [0.15, 0.2) is 36.4 Å². The summed E-state index contributed by atoms with van der Waals surface area (Å²) in [6.45, 7) is 4.01. The van der Waals surface area contributed by atoms with Gasteiger partial charge in [0.1, 0.15) is 11.6 Å². The molecule has 118 valence electrons. The van der Waals surface area contributed by atoms with Gasteiger partial charge in [0.2, 0.25) is 0 Å². The van der Waals surface area contributed by atoms with Crippen LogP contribution in [-0.4, -0.2) is 18.0 Å². The summed E-state index contributed by atoms with van der Waals surface area (Å²) in [6, 6.07) is 9.48. The van der Waals surface area contributed by atoms with Gasteiger partial charge < -0.3 is 15.0 Å². The Balaban J connectivity index is 1.93. The maximum absolute atomic E-state index is 13.2. The summed E-state index contributed by atoms with van der Waals surface area (Å²) in [7, 11) is 1.43. The van der Waals surface area contributed by atoms with Crippen molar-refractivity contribution in [1.82, 2.24) is 4.98 Å².